The Hall–Kier alpha value is -1.77. The molecule has 0 aliphatic heterocycles. The zero-order valence-corrected chi connectivity index (χ0v) is 10.2. The van der Waals surface area contributed by atoms with Gasteiger partial charge in [0.2, 0.25) is 0 Å². The van der Waals surface area contributed by atoms with Crippen LogP contribution in [0.25, 0.3) is 0 Å². The van der Waals surface area contributed by atoms with Crippen molar-refractivity contribution >= 4 is 0 Å². The average Bonchev–Trinajstić information content (AvgIpc) is 2.33. The van der Waals surface area contributed by atoms with Gasteiger partial charge in [0.1, 0.15) is 0 Å². The zero-order chi connectivity index (χ0) is 13.3. The fourth-order valence-corrected chi connectivity index (χ4v) is 1.95. The number of aryl methyl sites for hydroxylation is 2. The van der Waals surface area contributed by atoms with Crippen molar-refractivity contribution < 1.29 is 13.2 Å². The Balaban J connectivity index is 2.37. The summed E-state index contributed by atoms with van der Waals surface area (Å²) in [5, 5.41) is 0. The van der Waals surface area contributed by atoms with E-state index in [-0.39, 0.29) is 12.0 Å². The van der Waals surface area contributed by atoms with Crippen molar-refractivity contribution in [3.63, 3.8) is 0 Å². The predicted molar refractivity (Wildman–Crippen MR) is 65.0 cm³/mol. The van der Waals surface area contributed by atoms with Gasteiger partial charge in [-0.05, 0) is 36.6 Å². The Morgan fingerprint density at radius 1 is 0.833 bits per heavy atom. The quantitative estimate of drug-likeness (QED) is 0.697. The molecule has 94 valence electrons. The summed E-state index contributed by atoms with van der Waals surface area (Å²) >= 11 is 0. The van der Waals surface area contributed by atoms with E-state index in [1.807, 2.05) is 32.0 Å². The second kappa shape index (κ2) is 4.84. The van der Waals surface area contributed by atoms with E-state index in [2.05, 4.69) is 0 Å². The molecule has 0 saturated heterocycles. The van der Waals surface area contributed by atoms with Crippen molar-refractivity contribution in [1.29, 1.82) is 0 Å². The van der Waals surface area contributed by atoms with Gasteiger partial charge in [-0.2, -0.15) is 0 Å². The van der Waals surface area contributed by atoms with Crippen LogP contribution in [0.2, 0.25) is 0 Å². The fourth-order valence-electron chi connectivity index (χ4n) is 1.95. The minimum absolute atomic E-state index is 0.167. The van der Waals surface area contributed by atoms with Crippen LogP contribution in [-0.4, -0.2) is 0 Å². The molecule has 0 fully saturated rings. The van der Waals surface area contributed by atoms with Crippen molar-refractivity contribution in [2.75, 3.05) is 0 Å². The molecule has 0 saturated carbocycles. The van der Waals surface area contributed by atoms with E-state index in [1.165, 1.54) is 6.07 Å². The van der Waals surface area contributed by atoms with Gasteiger partial charge in [0.05, 0.1) is 0 Å². The summed E-state index contributed by atoms with van der Waals surface area (Å²) in [6, 6.07) is 8.02. The molecule has 2 rings (SSSR count). The highest BCUT2D eigenvalue weighted by molar-refractivity contribution is 5.35. The molecule has 0 radical (unpaired) electrons. The lowest BCUT2D eigenvalue weighted by Crippen LogP contribution is -2.00. The summed E-state index contributed by atoms with van der Waals surface area (Å²) in [6.45, 7) is 3.88. The van der Waals surface area contributed by atoms with Crippen LogP contribution >= 0.6 is 0 Å². The van der Waals surface area contributed by atoms with E-state index in [4.69, 9.17) is 0 Å². The number of hydrogen-bond donors (Lipinski definition) is 0. The van der Waals surface area contributed by atoms with Crippen LogP contribution in [0.3, 0.4) is 0 Å². The van der Waals surface area contributed by atoms with E-state index in [9.17, 15) is 13.2 Å². The molecule has 0 spiro atoms. The molecular weight excluding hydrogens is 237 g/mol. The summed E-state index contributed by atoms with van der Waals surface area (Å²) in [4.78, 5) is 0. The lowest BCUT2D eigenvalue weighted by atomic mass is 9.98. The van der Waals surface area contributed by atoms with Gasteiger partial charge in [0.15, 0.2) is 17.5 Å². The smallest absolute Gasteiger partial charge is 0.194 e. The maximum absolute atomic E-state index is 13.5. The molecule has 0 aliphatic carbocycles. The monoisotopic (exact) mass is 250 g/mol. The van der Waals surface area contributed by atoms with Crippen molar-refractivity contribution in [3.05, 3.63) is 70.0 Å². The van der Waals surface area contributed by atoms with Crippen molar-refractivity contribution in [2.45, 2.75) is 20.3 Å². The summed E-state index contributed by atoms with van der Waals surface area (Å²) in [5.41, 5.74) is 3.20. The molecule has 0 aliphatic rings. The molecule has 0 atom stereocenters. The minimum atomic E-state index is -1.41. The maximum atomic E-state index is 13.5. The molecule has 0 bridgehead atoms. The molecule has 0 nitrogen and oxygen atoms in total. The highest BCUT2D eigenvalue weighted by atomic mass is 19.2. The van der Waals surface area contributed by atoms with Crippen LogP contribution in [0.4, 0.5) is 13.2 Å². The van der Waals surface area contributed by atoms with E-state index in [0.717, 1.165) is 22.8 Å². The van der Waals surface area contributed by atoms with Gasteiger partial charge < -0.3 is 0 Å². The first-order chi connectivity index (χ1) is 8.49. The third kappa shape index (κ3) is 2.40. The molecule has 0 amide bonds. The number of halogens is 3. The zero-order valence-electron chi connectivity index (χ0n) is 10.2. The molecular formula is C15H13F3. The average molecular weight is 250 g/mol. The van der Waals surface area contributed by atoms with E-state index >= 15 is 0 Å². The highest BCUT2D eigenvalue weighted by Crippen LogP contribution is 2.20. The van der Waals surface area contributed by atoms with Gasteiger partial charge in [-0.1, -0.05) is 29.8 Å². The Bertz CT molecular complexity index is 589. The predicted octanol–water partition coefficient (Wildman–Crippen LogP) is 4.31. The minimum Gasteiger partial charge on any atom is -0.204 e. The molecule has 0 heterocycles. The molecule has 2 aromatic carbocycles. The largest absolute Gasteiger partial charge is 0.204 e. The third-order valence-corrected chi connectivity index (χ3v) is 2.99. The van der Waals surface area contributed by atoms with Gasteiger partial charge in [-0.3, -0.25) is 0 Å². The second-order valence-corrected chi connectivity index (χ2v) is 4.44. The lowest BCUT2D eigenvalue weighted by Gasteiger charge is -2.08. The van der Waals surface area contributed by atoms with Crippen LogP contribution in [0, 0.1) is 31.3 Å². The van der Waals surface area contributed by atoms with Crippen LogP contribution in [-0.2, 0) is 6.42 Å². The third-order valence-electron chi connectivity index (χ3n) is 2.99. The molecule has 3 heteroatoms. The van der Waals surface area contributed by atoms with E-state index < -0.39 is 17.5 Å². The summed E-state index contributed by atoms with van der Waals surface area (Å²) in [6.07, 6.45) is 0.259. The summed E-state index contributed by atoms with van der Waals surface area (Å²) < 4.78 is 39.5. The first-order valence-corrected chi connectivity index (χ1v) is 5.67. The number of hydrogen-bond acceptors (Lipinski definition) is 0. The maximum Gasteiger partial charge on any atom is 0.194 e. The standard InChI is InChI=1S/C15H13F3/c1-9-3-4-11(10(2)7-9)8-12-5-6-13(16)15(18)14(12)17/h3-7H,8H2,1-2H3. The Kier molecular flexibility index (Phi) is 3.41. The van der Waals surface area contributed by atoms with Gasteiger partial charge >= 0.3 is 0 Å². The summed E-state index contributed by atoms with van der Waals surface area (Å²) in [7, 11) is 0. The van der Waals surface area contributed by atoms with Crippen LogP contribution < -0.4 is 0 Å². The molecule has 0 unspecified atom stereocenters. The first kappa shape index (κ1) is 12.7. The van der Waals surface area contributed by atoms with Gasteiger partial charge in [0, 0.05) is 6.42 Å². The molecule has 0 aromatic heterocycles. The first-order valence-electron chi connectivity index (χ1n) is 5.67. The van der Waals surface area contributed by atoms with Crippen molar-refractivity contribution in [1.82, 2.24) is 0 Å². The van der Waals surface area contributed by atoms with Crippen molar-refractivity contribution in [2.24, 2.45) is 0 Å². The van der Waals surface area contributed by atoms with E-state index in [0.29, 0.717) is 0 Å². The Morgan fingerprint density at radius 2 is 1.50 bits per heavy atom. The van der Waals surface area contributed by atoms with E-state index in [1.54, 1.807) is 0 Å². The summed E-state index contributed by atoms with van der Waals surface area (Å²) in [5.74, 6) is -3.66. The second-order valence-electron chi connectivity index (χ2n) is 4.44. The normalized spacial score (nSPS) is 10.7. The fraction of sp³-hybridized carbons (Fsp3) is 0.200. The molecule has 2 aromatic rings. The molecule has 18 heavy (non-hydrogen) atoms. The Labute approximate surface area is 104 Å². The van der Waals surface area contributed by atoms with Crippen molar-refractivity contribution in [3.8, 4) is 0 Å². The SMILES string of the molecule is Cc1ccc(Cc2ccc(F)c(F)c2F)c(C)c1. The van der Waals surface area contributed by atoms with Gasteiger partial charge in [-0.15, -0.1) is 0 Å². The van der Waals surface area contributed by atoms with Crippen LogP contribution in [0.5, 0.6) is 0 Å². The molecule has 0 N–H and O–H groups in total. The van der Waals surface area contributed by atoms with Gasteiger partial charge in [0.25, 0.3) is 0 Å². The Morgan fingerprint density at radius 3 is 2.17 bits per heavy atom. The van der Waals surface area contributed by atoms with Crippen LogP contribution in [0.1, 0.15) is 22.3 Å². The van der Waals surface area contributed by atoms with Crippen LogP contribution in [0.15, 0.2) is 30.3 Å². The topological polar surface area (TPSA) is 0 Å². The lowest BCUT2D eigenvalue weighted by molar-refractivity contribution is 0.442. The van der Waals surface area contributed by atoms with Gasteiger partial charge in [-0.25, -0.2) is 13.2 Å². The number of rotatable bonds is 2. The number of benzene rings is 2. The highest BCUT2D eigenvalue weighted by Gasteiger charge is 2.14.